The molecule has 1 aliphatic rings. The van der Waals surface area contributed by atoms with E-state index in [2.05, 4.69) is 15.6 Å². The van der Waals surface area contributed by atoms with Crippen molar-refractivity contribution < 1.29 is 28.2 Å². The van der Waals surface area contributed by atoms with Gasteiger partial charge in [0.1, 0.15) is 5.75 Å². The van der Waals surface area contributed by atoms with E-state index in [1.807, 2.05) is 32.0 Å². The number of rotatable bonds is 8. The van der Waals surface area contributed by atoms with E-state index in [-0.39, 0.29) is 23.3 Å². The second kappa shape index (κ2) is 10.2. The molecule has 8 nitrogen and oxygen atoms in total. The fourth-order valence-electron chi connectivity index (χ4n) is 4.89. The average Bonchev–Trinajstić information content (AvgIpc) is 3.52. The molecule has 1 fully saturated rings. The Hall–Kier alpha value is -4.66. The van der Waals surface area contributed by atoms with Crippen LogP contribution >= 0.6 is 0 Å². The van der Waals surface area contributed by atoms with Crippen LogP contribution in [0.4, 0.5) is 15.8 Å². The molecular weight excluding hydrogens is 501 g/mol. The Bertz CT molecular complexity index is 1560. The summed E-state index contributed by atoms with van der Waals surface area (Å²) in [5.41, 5.74) is 0.992. The number of hydrogen-bond acceptors (Lipinski definition) is 6. The van der Waals surface area contributed by atoms with E-state index in [1.165, 1.54) is 26.4 Å². The minimum Gasteiger partial charge on any atom is -0.493 e. The summed E-state index contributed by atoms with van der Waals surface area (Å²) in [6.45, 7) is 3.74. The molecule has 3 aromatic carbocycles. The summed E-state index contributed by atoms with van der Waals surface area (Å²) in [4.78, 5) is 30.2. The van der Waals surface area contributed by atoms with E-state index in [0.29, 0.717) is 33.8 Å². The van der Waals surface area contributed by atoms with Crippen LogP contribution in [0.5, 0.6) is 23.0 Å². The van der Waals surface area contributed by atoms with Crippen LogP contribution in [0.2, 0.25) is 0 Å². The molecule has 1 aromatic heterocycles. The monoisotopic (exact) mass is 529 g/mol. The highest BCUT2D eigenvalue weighted by Crippen LogP contribution is 2.59. The van der Waals surface area contributed by atoms with E-state index in [4.69, 9.17) is 14.2 Å². The fraction of sp³-hybridized carbons (Fsp3) is 0.233. The number of amides is 2. The number of ether oxygens (including phenoxy) is 3. The molecule has 1 saturated carbocycles. The first-order valence-electron chi connectivity index (χ1n) is 12.4. The number of hydrogen-bond donors (Lipinski definition) is 2. The molecule has 200 valence electrons. The van der Waals surface area contributed by atoms with E-state index < -0.39 is 23.1 Å². The lowest BCUT2D eigenvalue weighted by Gasteiger charge is -2.13. The van der Waals surface area contributed by atoms with Crippen LogP contribution < -0.4 is 24.8 Å². The second-order valence-corrected chi connectivity index (χ2v) is 9.90. The molecule has 5 rings (SSSR count). The number of nitrogens with zero attached hydrogens (tertiary/aromatic N) is 1. The Kier molecular flexibility index (Phi) is 6.82. The van der Waals surface area contributed by atoms with Crippen molar-refractivity contribution in [2.24, 2.45) is 17.3 Å². The predicted molar refractivity (Wildman–Crippen MR) is 146 cm³/mol. The highest BCUT2D eigenvalue weighted by Gasteiger charge is 2.65. The largest absolute Gasteiger partial charge is 0.493 e. The van der Waals surface area contributed by atoms with E-state index >= 15 is 4.39 Å². The van der Waals surface area contributed by atoms with E-state index in [0.717, 1.165) is 0 Å². The van der Waals surface area contributed by atoms with Gasteiger partial charge >= 0.3 is 0 Å². The lowest BCUT2D eigenvalue weighted by Crippen LogP contribution is -2.20. The third kappa shape index (κ3) is 5.07. The maximum atomic E-state index is 15.1. The minimum atomic E-state index is -0.660. The zero-order valence-corrected chi connectivity index (χ0v) is 21.9. The van der Waals surface area contributed by atoms with Crippen molar-refractivity contribution in [1.82, 2.24) is 4.98 Å². The molecule has 2 N–H and O–H groups in total. The van der Waals surface area contributed by atoms with Crippen LogP contribution in [0, 0.1) is 23.1 Å². The summed E-state index contributed by atoms with van der Waals surface area (Å²) < 4.78 is 31.6. The van der Waals surface area contributed by atoms with E-state index in [1.54, 1.807) is 42.6 Å². The van der Waals surface area contributed by atoms with Crippen molar-refractivity contribution in [3.63, 3.8) is 0 Å². The van der Waals surface area contributed by atoms with Gasteiger partial charge in [0.2, 0.25) is 11.8 Å². The van der Waals surface area contributed by atoms with Crippen LogP contribution in [0.15, 0.2) is 72.9 Å². The number of carbonyl (C=O) groups is 2. The highest BCUT2D eigenvalue weighted by molar-refractivity contribution is 6.04. The van der Waals surface area contributed by atoms with Gasteiger partial charge in [-0.2, -0.15) is 0 Å². The van der Waals surface area contributed by atoms with Crippen molar-refractivity contribution in [3.05, 3.63) is 78.7 Å². The van der Waals surface area contributed by atoms with Crippen molar-refractivity contribution >= 4 is 34.1 Å². The highest BCUT2D eigenvalue weighted by atomic mass is 19.1. The Morgan fingerprint density at radius 2 is 1.44 bits per heavy atom. The van der Waals surface area contributed by atoms with Gasteiger partial charge in [0.25, 0.3) is 0 Å². The van der Waals surface area contributed by atoms with Gasteiger partial charge in [0.05, 0.1) is 31.6 Å². The third-order valence-corrected chi connectivity index (χ3v) is 7.06. The van der Waals surface area contributed by atoms with E-state index in [9.17, 15) is 9.59 Å². The fourth-order valence-corrected chi connectivity index (χ4v) is 4.89. The molecule has 39 heavy (non-hydrogen) atoms. The number of methoxy groups -OCH3 is 2. The van der Waals surface area contributed by atoms with Gasteiger partial charge in [-0.15, -0.1) is 0 Å². The predicted octanol–water partition coefficient (Wildman–Crippen LogP) is 6.03. The number of nitrogens with one attached hydrogen (secondary N) is 2. The molecule has 2 atom stereocenters. The van der Waals surface area contributed by atoms with Crippen LogP contribution in [0.25, 0.3) is 10.9 Å². The number of fused-ring (bicyclic) bond motifs is 1. The number of halogens is 1. The molecule has 0 spiro atoms. The zero-order chi connectivity index (χ0) is 27.7. The van der Waals surface area contributed by atoms with Crippen LogP contribution in [0.3, 0.4) is 0 Å². The van der Waals surface area contributed by atoms with Gasteiger partial charge in [-0.3, -0.25) is 14.6 Å². The summed E-state index contributed by atoms with van der Waals surface area (Å²) >= 11 is 0. The molecule has 1 aliphatic carbocycles. The summed E-state index contributed by atoms with van der Waals surface area (Å²) in [7, 11) is 3.05. The smallest absolute Gasteiger partial charge is 0.228 e. The van der Waals surface area contributed by atoms with Crippen molar-refractivity contribution in [2.45, 2.75) is 13.8 Å². The summed E-state index contributed by atoms with van der Waals surface area (Å²) in [6, 6.07) is 18.3. The molecule has 9 heteroatoms. The quantitative estimate of drug-likeness (QED) is 0.289. The number of aromatic nitrogens is 1. The standard InChI is InChI=1S/C30H28FN3O5/c1-30(2)26(28(35)33-17-8-6-5-7-9-17)27(30)29(36)34-18-10-11-23(20(31)14-18)39-22-12-13-32-21-16-25(38-4)24(37-3)15-19(21)22/h5-16,26-27H,1-4H3,(H,33,35)(H,34,36)/t26-,27+/m0/s1. The molecule has 0 unspecified atom stereocenters. The molecule has 4 aromatic rings. The Labute approximate surface area is 225 Å². The van der Waals surface area contributed by atoms with Gasteiger partial charge in [-0.25, -0.2) is 4.39 Å². The Morgan fingerprint density at radius 3 is 2.08 bits per heavy atom. The first-order chi connectivity index (χ1) is 18.7. The van der Waals surface area contributed by atoms with Crippen molar-refractivity contribution in [2.75, 3.05) is 24.9 Å². The Morgan fingerprint density at radius 1 is 0.795 bits per heavy atom. The minimum absolute atomic E-state index is 0.0258. The maximum absolute atomic E-state index is 15.1. The van der Waals surface area contributed by atoms with Crippen LogP contribution in [0.1, 0.15) is 13.8 Å². The normalized spacial score (nSPS) is 17.3. The lowest BCUT2D eigenvalue weighted by atomic mass is 10.1. The summed E-state index contributed by atoms with van der Waals surface area (Å²) in [5, 5.41) is 6.22. The van der Waals surface area contributed by atoms with Gasteiger partial charge in [0, 0.05) is 35.1 Å². The average molecular weight is 530 g/mol. The topological polar surface area (TPSA) is 98.8 Å². The van der Waals surface area contributed by atoms with Crippen molar-refractivity contribution in [1.29, 1.82) is 0 Å². The third-order valence-electron chi connectivity index (χ3n) is 7.06. The number of pyridine rings is 1. The van der Waals surface area contributed by atoms with Gasteiger partial charge in [-0.1, -0.05) is 32.0 Å². The van der Waals surface area contributed by atoms with Crippen LogP contribution in [-0.2, 0) is 9.59 Å². The summed E-state index contributed by atoms with van der Waals surface area (Å²) in [5.74, 6) is -0.921. The first kappa shape index (κ1) is 26.0. The number of para-hydroxylation sites is 1. The zero-order valence-electron chi connectivity index (χ0n) is 21.9. The molecule has 0 radical (unpaired) electrons. The Balaban J connectivity index is 1.29. The first-order valence-corrected chi connectivity index (χ1v) is 12.4. The van der Waals surface area contributed by atoms with Gasteiger partial charge in [0.15, 0.2) is 23.1 Å². The van der Waals surface area contributed by atoms with Crippen LogP contribution in [-0.4, -0.2) is 31.0 Å². The molecule has 1 heterocycles. The second-order valence-electron chi connectivity index (χ2n) is 9.90. The molecule has 0 saturated heterocycles. The number of benzene rings is 3. The molecule has 0 aliphatic heterocycles. The molecule has 0 bridgehead atoms. The van der Waals surface area contributed by atoms with Gasteiger partial charge < -0.3 is 24.8 Å². The lowest BCUT2D eigenvalue weighted by molar-refractivity contribution is -0.122. The molecular formula is C30H28FN3O5. The summed E-state index contributed by atoms with van der Waals surface area (Å²) in [6.07, 6.45) is 1.55. The maximum Gasteiger partial charge on any atom is 0.228 e. The molecule has 2 amide bonds. The van der Waals surface area contributed by atoms with Crippen molar-refractivity contribution in [3.8, 4) is 23.0 Å². The van der Waals surface area contributed by atoms with Gasteiger partial charge in [-0.05, 0) is 41.8 Å². The SMILES string of the molecule is COc1cc2nccc(Oc3ccc(NC(=O)[C@H]4[C@@H](C(=O)Nc5ccccc5)C4(C)C)cc3F)c2cc1OC. The number of carbonyl (C=O) groups excluding carboxylic acids is 2. The number of anilines is 2.